The van der Waals surface area contributed by atoms with Gasteiger partial charge in [-0.05, 0) is 36.8 Å². The van der Waals surface area contributed by atoms with Gasteiger partial charge in [-0.25, -0.2) is 4.79 Å². The summed E-state index contributed by atoms with van der Waals surface area (Å²) < 4.78 is 11.0. The second kappa shape index (κ2) is 11.3. The number of hydrogen-bond acceptors (Lipinski definition) is 5. The zero-order chi connectivity index (χ0) is 21.9. The van der Waals surface area contributed by atoms with Gasteiger partial charge in [-0.15, -0.1) is 6.58 Å². The van der Waals surface area contributed by atoms with Crippen molar-refractivity contribution in [3.05, 3.63) is 72.8 Å². The van der Waals surface area contributed by atoms with Gasteiger partial charge < -0.3 is 25.8 Å². The van der Waals surface area contributed by atoms with Crippen molar-refractivity contribution in [1.29, 1.82) is 0 Å². The summed E-state index contributed by atoms with van der Waals surface area (Å²) in [5.74, 6) is 0.0682. The Balaban J connectivity index is 2.08. The van der Waals surface area contributed by atoms with E-state index in [9.17, 15) is 14.4 Å². The maximum absolute atomic E-state index is 12.3. The summed E-state index contributed by atoms with van der Waals surface area (Å²) in [6.07, 6.45) is 0.319. The van der Waals surface area contributed by atoms with Crippen LogP contribution in [0.2, 0.25) is 0 Å². The minimum atomic E-state index is -0.987. The van der Waals surface area contributed by atoms with Gasteiger partial charge >= 0.3 is 12.0 Å². The molecule has 0 heterocycles. The number of amides is 3. The molecule has 2 aromatic rings. The number of urea groups is 1. The largest absolute Gasteiger partial charge is 0.457 e. The van der Waals surface area contributed by atoms with E-state index in [1.54, 1.807) is 24.3 Å². The molecule has 2 aromatic carbocycles. The Labute approximate surface area is 175 Å². The SMILES string of the molecule is C=CCNC(=O)[C@H](C)OC(=O)C[C@@H](NC(N)=O)c1cccc(Oc2ccccc2)c1. The number of hydrogen-bond donors (Lipinski definition) is 3. The lowest BCUT2D eigenvalue weighted by Gasteiger charge is -2.19. The van der Waals surface area contributed by atoms with Crippen LogP contribution in [-0.4, -0.2) is 30.6 Å². The Morgan fingerprint density at radius 3 is 2.47 bits per heavy atom. The van der Waals surface area contributed by atoms with Crippen LogP contribution in [0.3, 0.4) is 0 Å². The first-order valence-electron chi connectivity index (χ1n) is 9.36. The quantitative estimate of drug-likeness (QED) is 0.410. The minimum absolute atomic E-state index is 0.211. The van der Waals surface area contributed by atoms with Gasteiger partial charge in [-0.2, -0.15) is 0 Å². The van der Waals surface area contributed by atoms with E-state index in [0.29, 0.717) is 17.1 Å². The molecule has 0 aliphatic carbocycles. The van der Waals surface area contributed by atoms with Crippen LogP contribution in [0.15, 0.2) is 67.3 Å². The predicted molar refractivity (Wildman–Crippen MR) is 112 cm³/mol. The summed E-state index contributed by atoms with van der Waals surface area (Å²) in [6, 6.07) is 14.6. The van der Waals surface area contributed by atoms with Crippen molar-refractivity contribution in [2.45, 2.75) is 25.5 Å². The Hall–Kier alpha value is -3.81. The highest BCUT2D eigenvalue weighted by atomic mass is 16.5. The molecule has 0 aliphatic rings. The van der Waals surface area contributed by atoms with Crippen molar-refractivity contribution in [3.8, 4) is 11.5 Å². The van der Waals surface area contributed by atoms with Crippen LogP contribution < -0.4 is 21.1 Å². The molecule has 4 N–H and O–H groups in total. The van der Waals surface area contributed by atoms with Gasteiger partial charge in [0.05, 0.1) is 12.5 Å². The van der Waals surface area contributed by atoms with Crippen LogP contribution >= 0.6 is 0 Å². The van der Waals surface area contributed by atoms with Crippen LogP contribution in [0.4, 0.5) is 4.79 Å². The minimum Gasteiger partial charge on any atom is -0.457 e. The van der Waals surface area contributed by atoms with Gasteiger partial charge in [0, 0.05) is 6.54 Å². The first kappa shape index (κ1) is 22.5. The van der Waals surface area contributed by atoms with Crippen molar-refractivity contribution >= 4 is 17.9 Å². The smallest absolute Gasteiger partial charge is 0.312 e. The van der Waals surface area contributed by atoms with Crippen LogP contribution in [-0.2, 0) is 14.3 Å². The fourth-order valence-corrected chi connectivity index (χ4v) is 2.63. The summed E-state index contributed by atoms with van der Waals surface area (Å²) in [5, 5.41) is 5.07. The number of ether oxygens (including phenoxy) is 2. The topological polar surface area (TPSA) is 120 Å². The first-order valence-corrected chi connectivity index (χ1v) is 9.36. The number of nitrogens with two attached hydrogens (primary N) is 1. The molecule has 0 radical (unpaired) electrons. The summed E-state index contributed by atoms with van der Waals surface area (Å²) >= 11 is 0. The van der Waals surface area contributed by atoms with Crippen molar-refractivity contribution < 1.29 is 23.9 Å². The molecule has 0 fully saturated rings. The number of primary amides is 1. The highest BCUT2D eigenvalue weighted by Gasteiger charge is 2.23. The van der Waals surface area contributed by atoms with Crippen molar-refractivity contribution in [2.75, 3.05) is 6.54 Å². The van der Waals surface area contributed by atoms with E-state index in [1.165, 1.54) is 13.0 Å². The monoisotopic (exact) mass is 411 g/mol. The Morgan fingerprint density at radius 1 is 1.10 bits per heavy atom. The number of esters is 1. The maximum Gasteiger partial charge on any atom is 0.312 e. The van der Waals surface area contributed by atoms with Crippen molar-refractivity contribution in [3.63, 3.8) is 0 Å². The number of carbonyl (C=O) groups is 3. The molecule has 30 heavy (non-hydrogen) atoms. The Bertz CT molecular complexity index is 885. The average Bonchev–Trinajstić information content (AvgIpc) is 2.72. The maximum atomic E-state index is 12.3. The Morgan fingerprint density at radius 2 is 1.80 bits per heavy atom. The van der Waals surface area contributed by atoms with Gasteiger partial charge in [0.15, 0.2) is 6.10 Å². The molecule has 2 atom stereocenters. The normalized spacial score (nSPS) is 12.2. The van der Waals surface area contributed by atoms with Gasteiger partial charge in [-0.3, -0.25) is 9.59 Å². The zero-order valence-corrected chi connectivity index (χ0v) is 16.7. The molecule has 0 aromatic heterocycles. The van der Waals surface area contributed by atoms with Crippen LogP contribution in [0.1, 0.15) is 24.9 Å². The van der Waals surface area contributed by atoms with E-state index in [0.717, 1.165) is 0 Å². The molecular formula is C22H25N3O5. The van der Waals surface area contributed by atoms with E-state index < -0.39 is 30.1 Å². The van der Waals surface area contributed by atoms with Crippen LogP contribution in [0.25, 0.3) is 0 Å². The highest BCUT2D eigenvalue weighted by molar-refractivity contribution is 5.83. The Kier molecular flexibility index (Phi) is 8.43. The number of carbonyl (C=O) groups excluding carboxylic acids is 3. The number of benzene rings is 2. The lowest BCUT2D eigenvalue weighted by molar-refractivity contribution is -0.155. The van der Waals surface area contributed by atoms with E-state index in [-0.39, 0.29) is 13.0 Å². The second-order valence-corrected chi connectivity index (χ2v) is 6.42. The molecule has 0 saturated carbocycles. The molecule has 2 rings (SSSR count). The summed E-state index contributed by atoms with van der Waals surface area (Å²) in [7, 11) is 0. The van der Waals surface area contributed by atoms with E-state index in [4.69, 9.17) is 15.2 Å². The molecule has 3 amide bonds. The summed E-state index contributed by atoms with van der Waals surface area (Å²) in [5.41, 5.74) is 5.87. The van der Waals surface area contributed by atoms with E-state index in [1.807, 2.05) is 30.3 Å². The molecule has 0 saturated heterocycles. The second-order valence-electron chi connectivity index (χ2n) is 6.42. The van der Waals surface area contributed by atoms with Crippen LogP contribution in [0.5, 0.6) is 11.5 Å². The molecule has 8 heteroatoms. The lowest BCUT2D eigenvalue weighted by Crippen LogP contribution is -2.38. The van der Waals surface area contributed by atoms with Gasteiger partial charge in [0.1, 0.15) is 11.5 Å². The van der Waals surface area contributed by atoms with E-state index in [2.05, 4.69) is 17.2 Å². The molecule has 0 aliphatic heterocycles. The third kappa shape index (κ3) is 7.31. The first-order chi connectivity index (χ1) is 14.4. The highest BCUT2D eigenvalue weighted by Crippen LogP contribution is 2.26. The van der Waals surface area contributed by atoms with Gasteiger partial charge in [-0.1, -0.05) is 36.4 Å². The molecule has 0 unspecified atom stereocenters. The summed E-state index contributed by atoms with van der Waals surface area (Å²) in [6.45, 7) is 5.23. The molecule has 158 valence electrons. The molecular weight excluding hydrogens is 386 g/mol. The van der Waals surface area contributed by atoms with Gasteiger partial charge in [0.25, 0.3) is 5.91 Å². The van der Waals surface area contributed by atoms with Crippen molar-refractivity contribution in [1.82, 2.24) is 10.6 Å². The fraction of sp³-hybridized carbons (Fsp3) is 0.227. The number of rotatable bonds is 10. The van der Waals surface area contributed by atoms with Gasteiger partial charge in [0.2, 0.25) is 0 Å². The average molecular weight is 411 g/mol. The summed E-state index contributed by atoms with van der Waals surface area (Å²) in [4.78, 5) is 35.6. The molecule has 8 nitrogen and oxygen atoms in total. The fourth-order valence-electron chi connectivity index (χ4n) is 2.63. The number of nitrogens with one attached hydrogen (secondary N) is 2. The standard InChI is InChI=1S/C22H25N3O5/c1-3-12-24-21(27)15(2)29-20(26)14-19(25-22(23)28)16-8-7-11-18(13-16)30-17-9-5-4-6-10-17/h3-11,13,15,19H,1,12,14H2,2H3,(H,24,27)(H3,23,25,28)/t15-,19+/m0/s1. The van der Waals surface area contributed by atoms with Crippen molar-refractivity contribution in [2.24, 2.45) is 5.73 Å². The van der Waals surface area contributed by atoms with Crippen LogP contribution in [0, 0.1) is 0 Å². The third-order valence-electron chi connectivity index (χ3n) is 4.02. The predicted octanol–water partition coefficient (Wildman–Crippen LogP) is 2.81. The third-order valence-corrected chi connectivity index (χ3v) is 4.02. The molecule has 0 bridgehead atoms. The molecule has 0 spiro atoms. The lowest BCUT2D eigenvalue weighted by atomic mass is 10.0. The zero-order valence-electron chi connectivity index (χ0n) is 16.7. The number of para-hydroxylation sites is 1. The van der Waals surface area contributed by atoms with E-state index >= 15 is 0 Å².